The average molecular weight is 334 g/mol. The lowest BCUT2D eigenvalue weighted by Crippen LogP contribution is -2.35. The summed E-state index contributed by atoms with van der Waals surface area (Å²) in [6.45, 7) is 4.66. The lowest BCUT2D eigenvalue weighted by molar-refractivity contribution is 0.444. The van der Waals surface area contributed by atoms with Crippen LogP contribution >= 0.6 is 23.1 Å². The van der Waals surface area contributed by atoms with E-state index in [9.17, 15) is 0 Å². The van der Waals surface area contributed by atoms with Crippen molar-refractivity contribution in [1.82, 2.24) is 9.97 Å². The van der Waals surface area contributed by atoms with Gasteiger partial charge in [-0.25, -0.2) is 9.97 Å². The van der Waals surface area contributed by atoms with E-state index in [1.54, 1.807) is 22.2 Å². The van der Waals surface area contributed by atoms with E-state index in [0.29, 0.717) is 0 Å². The highest BCUT2D eigenvalue weighted by Crippen LogP contribution is 2.41. The first-order valence-electron chi connectivity index (χ1n) is 8.37. The molecule has 1 aliphatic heterocycles. The van der Waals surface area contributed by atoms with Crippen LogP contribution in [-0.4, -0.2) is 29.3 Å². The Morgan fingerprint density at radius 3 is 2.86 bits per heavy atom. The SMILES string of the molecule is CSc1nc(N2CCCC(C)C2)c2c3c(sc2n1)CCCC3. The summed E-state index contributed by atoms with van der Waals surface area (Å²) in [7, 11) is 0. The molecule has 0 bridgehead atoms. The molecule has 0 amide bonds. The minimum atomic E-state index is 0.769. The van der Waals surface area contributed by atoms with Gasteiger partial charge in [0.1, 0.15) is 10.6 Å². The summed E-state index contributed by atoms with van der Waals surface area (Å²) < 4.78 is 0. The zero-order valence-electron chi connectivity index (χ0n) is 13.4. The molecule has 1 unspecified atom stereocenters. The van der Waals surface area contributed by atoms with Crippen LogP contribution < -0.4 is 4.90 Å². The maximum absolute atomic E-state index is 4.94. The molecule has 2 aliphatic rings. The molecule has 0 N–H and O–H groups in total. The summed E-state index contributed by atoms with van der Waals surface area (Å²) in [6.07, 6.45) is 9.82. The molecule has 1 fully saturated rings. The quantitative estimate of drug-likeness (QED) is 0.596. The van der Waals surface area contributed by atoms with Crippen molar-refractivity contribution in [1.29, 1.82) is 0 Å². The first-order valence-corrected chi connectivity index (χ1v) is 10.4. The van der Waals surface area contributed by atoms with E-state index in [-0.39, 0.29) is 0 Å². The summed E-state index contributed by atoms with van der Waals surface area (Å²) >= 11 is 3.58. The van der Waals surface area contributed by atoms with Gasteiger partial charge < -0.3 is 4.90 Å². The zero-order chi connectivity index (χ0) is 15.1. The standard InChI is InChI=1S/C17H23N3S2/c1-11-6-5-9-20(10-11)15-14-12-7-3-4-8-13(12)22-16(14)19-17(18-15)21-2/h11H,3-10H2,1-2H3. The number of fused-ring (bicyclic) bond motifs is 3. The summed E-state index contributed by atoms with van der Waals surface area (Å²) in [5, 5.41) is 2.31. The third-order valence-corrected chi connectivity index (χ3v) is 6.65. The molecule has 4 rings (SSSR count). The van der Waals surface area contributed by atoms with Crippen molar-refractivity contribution in [3.05, 3.63) is 10.4 Å². The van der Waals surface area contributed by atoms with Gasteiger partial charge in [-0.2, -0.15) is 0 Å². The Kier molecular flexibility index (Phi) is 4.03. The Bertz CT molecular complexity index is 695. The van der Waals surface area contributed by atoms with Crippen molar-refractivity contribution in [2.45, 2.75) is 50.6 Å². The number of hydrogen-bond donors (Lipinski definition) is 0. The number of aromatic nitrogens is 2. The molecule has 3 nitrogen and oxygen atoms in total. The molecule has 1 saturated heterocycles. The number of aryl methyl sites for hydroxylation is 2. The Morgan fingerprint density at radius 1 is 1.18 bits per heavy atom. The summed E-state index contributed by atoms with van der Waals surface area (Å²) in [4.78, 5) is 15.1. The van der Waals surface area contributed by atoms with Gasteiger partial charge in [-0.05, 0) is 56.3 Å². The van der Waals surface area contributed by atoms with E-state index in [2.05, 4.69) is 18.1 Å². The number of thiophene rings is 1. The molecule has 2 aromatic heterocycles. The predicted octanol–water partition coefficient (Wildman–Crippen LogP) is 4.53. The van der Waals surface area contributed by atoms with E-state index < -0.39 is 0 Å². The fourth-order valence-corrected chi connectivity index (χ4v) is 5.49. The van der Waals surface area contributed by atoms with Crippen LogP contribution in [0.1, 0.15) is 43.0 Å². The van der Waals surface area contributed by atoms with Crippen molar-refractivity contribution in [2.75, 3.05) is 24.2 Å². The number of hydrogen-bond acceptors (Lipinski definition) is 5. The van der Waals surface area contributed by atoms with Crippen molar-refractivity contribution in [3.8, 4) is 0 Å². The van der Waals surface area contributed by atoms with Gasteiger partial charge in [0.2, 0.25) is 0 Å². The molecule has 5 heteroatoms. The van der Waals surface area contributed by atoms with Crippen molar-refractivity contribution in [2.24, 2.45) is 5.92 Å². The minimum absolute atomic E-state index is 0.769. The molecule has 1 atom stereocenters. The lowest BCUT2D eigenvalue weighted by Gasteiger charge is -2.32. The molecule has 0 radical (unpaired) electrons. The number of thioether (sulfide) groups is 1. The van der Waals surface area contributed by atoms with Gasteiger partial charge in [0.25, 0.3) is 0 Å². The molecule has 22 heavy (non-hydrogen) atoms. The molecule has 0 aromatic carbocycles. The zero-order valence-corrected chi connectivity index (χ0v) is 15.0. The van der Waals surface area contributed by atoms with Crippen molar-refractivity contribution in [3.63, 3.8) is 0 Å². The van der Waals surface area contributed by atoms with Crippen molar-refractivity contribution < 1.29 is 0 Å². The van der Waals surface area contributed by atoms with Crippen LogP contribution in [0.4, 0.5) is 5.82 Å². The van der Waals surface area contributed by atoms with Gasteiger partial charge in [0.05, 0.1) is 5.39 Å². The Morgan fingerprint density at radius 2 is 2.05 bits per heavy atom. The molecule has 3 heterocycles. The average Bonchev–Trinajstić information content (AvgIpc) is 2.92. The van der Waals surface area contributed by atoms with Gasteiger partial charge in [-0.1, -0.05) is 18.7 Å². The van der Waals surface area contributed by atoms with E-state index in [4.69, 9.17) is 9.97 Å². The second-order valence-electron chi connectivity index (χ2n) is 6.62. The van der Waals surface area contributed by atoms with Gasteiger partial charge in [0, 0.05) is 18.0 Å². The van der Waals surface area contributed by atoms with Gasteiger partial charge in [-0.15, -0.1) is 11.3 Å². The van der Waals surface area contributed by atoms with Gasteiger partial charge in [-0.3, -0.25) is 0 Å². The van der Waals surface area contributed by atoms with Crippen LogP contribution in [-0.2, 0) is 12.8 Å². The first-order chi connectivity index (χ1) is 10.8. The second kappa shape index (κ2) is 6.00. The molecule has 0 saturated carbocycles. The third kappa shape index (κ3) is 2.52. The summed E-state index contributed by atoms with van der Waals surface area (Å²) in [6, 6.07) is 0. The lowest BCUT2D eigenvalue weighted by atomic mass is 9.96. The molecular formula is C17H23N3S2. The van der Waals surface area contributed by atoms with E-state index in [1.165, 1.54) is 54.6 Å². The largest absolute Gasteiger partial charge is 0.356 e. The molecule has 2 aromatic rings. The highest BCUT2D eigenvalue weighted by molar-refractivity contribution is 7.98. The van der Waals surface area contributed by atoms with Crippen LogP contribution in [0.25, 0.3) is 10.2 Å². The van der Waals surface area contributed by atoms with Crippen LogP contribution in [0, 0.1) is 5.92 Å². The Hall–Kier alpha value is -0.810. The number of rotatable bonds is 2. The van der Waals surface area contributed by atoms with Crippen molar-refractivity contribution >= 4 is 39.1 Å². The second-order valence-corrected chi connectivity index (χ2v) is 8.48. The Balaban J connectivity index is 1.88. The van der Waals surface area contributed by atoms with Crippen LogP contribution in [0.2, 0.25) is 0 Å². The van der Waals surface area contributed by atoms with E-state index in [1.807, 2.05) is 11.3 Å². The van der Waals surface area contributed by atoms with Crippen LogP contribution in [0.5, 0.6) is 0 Å². The fourth-order valence-electron chi connectivity index (χ4n) is 3.82. The number of piperidine rings is 1. The third-order valence-electron chi connectivity index (χ3n) is 4.91. The topological polar surface area (TPSA) is 29.0 Å². The smallest absolute Gasteiger partial charge is 0.190 e. The molecule has 118 valence electrons. The van der Waals surface area contributed by atoms with Gasteiger partial charge >= 0.3 is 0 Å². The van der Waals surface area contributed by atoms with E-state index in [0.717, 1.165) is 24.2 Å². The molecule has 0 spiro atoms. The summed E-state index contributed by atoms with van der Waals surface area (Å²) in [5.74, 6) is 1.99. The van der Waals surface area contributed by atoms with E-state index >= 15 is 0 Å². The maximum atomic E-state index is 4.94. The first kappa shape index (κ1) is 14.8. The molecule has 1 aliphatic carbocycles. The normalized spacial score (nSPS) is 22.1. The van der Waals surface area contributed by atoms with Gasteiger partial charge in [0.15, 0.2) is 5.16 Å². The summed E-state index contributed by atoms with van der Waals surface area (Å²) in [5.41, 5.74) is 1.56. The monoisotopic (exact) mass is 333 g/mol. The van der Waals surface area contributed by atoms with Crippen LogP contribution in [0.3, 0.4) is 0 Å². The highest BCUT2D eigenvalue weighted by atomic mass is 32.2. The number of nitrogens with zero attached hydrogens (tertiary/aromatic N) is 3. The maximum Gasteiger partial charge on any atom is 0.190 e. The fraction of sp³-hybridized carbons (Fsp3) is 0.647. The Labute approximate surface area is 140 Å². The molecular weight excluding hydrogens is 310 g/mol. The van der Waals surface area contributed by atoms with Crippen LogP contribution in [0.15, 0.2) is 5.16 Å². The predicted molar refractivity (Wildman–Crippen MR) is 96.4 cm³/mol. The highest BCUT2D eigenvalue weighted by Gasteiger charge is 2.25. The number of anilines is 1. The minimum Gasteiger partial charge on any atom is -0.356 e.